The first-order valence-corrected chi connectivity index (χ1v) is 7.76. The number of hydrogen-bond donors (Lipinski definition) is 1. The highest BCUT2D eigenvalue weighted by atomic mass is 35.5. The summed E-state index contributed by atoms with van der Waals surface area (Å²) in [6.45, 7) is 4.28. The molecule has 1 unspecified atom stereocenters. The van der Waals surface area contributed by atoms with Crippen LogP contribution in [0.1, 0.15) is 43.9 Å². The molecule has 1 atom stereocenters. The Labute approximate surface area is 126 Å². The van der Waals surface area contributed by atoms with Crippen molar-refractivity contribution in [1.29, 1.82) is 0 Å². The number of nitrogens with zero attached hydrogens (tertiary/aromatic N) is 2. The number of aryl methyl sites for hydroxylation is 2. The Kier molecular flexibility index (Phi) is 4.77. The van der Waals surface area contributed by atoms with Crippen LogP contribution in [0.25, 0.3) is 0 Å². The Hall–Kier alpha value is -0.580. The predicted octanol–water partition coefficient (Wildman–Crippen LogP) is 2.85. The molecule has 0 amide bonds. The molecule has 1 fully saturated rings. The minimum absolute atomic E-state index is 0.0413. The van der Waals surface area contributed by atoms with Crippen LogP contribution >= 0.6 is 11.6 Å². The second-order valence-electron chi connectivity index (χ2n) is 6.24. The van der Waals surface area contributed by atoms with E-state index in [1.807, 2.05) is 14.0 Å². The molecule has 1 aromatic heterocycles. The molecular formula is C15H26ClN3O. The smallest absolute Gasteiger partial charge is 0.130 e. The Morgan fingerprint density at radius 1 is 1.50 bits per heavy atom. The first kappa shape index (κ1) is 15.8. The van der Waals surface area contributed by atoms with E-state index in [1.165, 1.54) is 12.8 Å². The van der Waals surface area contributed by atoms with E-state index in [-0.39, 0.29) is 11.6 Å². The third-order valence-electron chi connectivity index (χ3n) is 4.90. The van der Waals surface area contributed by atoms with Crippen LogP contribution in [0.15, 0.2) is 0 Å². The molecule has 1 saturated carbocycles. The van der Waals surface area contributed by atoms with Gasteiger partial charge in [0.05, 0.1) is 11.3 Å². The maximum absolute atomic E-state index is 6.50. The number of ether oxygens (including phenoxy) is 1. The molecule has 1 aromatic rings. The van der Waals surface area contributed by atoms with Crippen molar-refractivity contribution >= 4 is 11.6 Å². The largest absolute Gasteiger partial charge is 0.377 e. The number of nitrogens with two attached hydrogens (primary N) is 1. The molecule has 20 heavy (non-hydrogen) atoms. The summed E-state index contributed by atoms with van der Waals surface area (Å²) in [5.41, 5.74) is 8.30. The molecular weight excluding hydrogens is 274 g/mol. The van der Waals surface area contributed by atoms with Gasteiger partial charge in [0, 0.05) is 25.8 Å². The van der Waals surface area contributed by atoms with E-state index in [0.717, 1.165) is 36.4 Å². The summed E-state index contributed by atoms with van der Waals surface area (Å²) in [6, 6.07) is -0.0413. The van der Waals surface area contributed by atoms with Gasteiger partial charge in [-0.1, -0.05) is 18.5 Å². The molecule has 1 aliphatic rings. The second kappa shape index (κ2) is 6.04. The molecule has 0 aliphatic heterocycles. The highest BCUT2D eigenvalue weighted by Crippen LogP contribution is 2.37. The number of rotatable bonds is 4. The van der Waals surface area contributed by atoms with E-state index in [2.05, 4.69) is 12.0 Å². The molecule has 114 valence electrons. The number of halogens is 1. The van der Waals surface area contributed by atoms with E-state index in [1.54, 1.807) is 11.8 Å². The van der Waals surface area contributed by atoms with Gasteiger partial charge < -0.3 is 10.5 Å². The van der Waals surface area contributed by atoms with Crippen molar-refractivity contribution in [2.75, 3.05) is 7.11 Å². The zero-order valence-corrected chi connectivity index (χ0v) is 13.7. The van der Waals surface area contributed by atoms with E-state index >= 15 is 0 Å². The van der Waals surface area contributed by atoms with Crippen molar-refractivity contribution in [3.8, 4) is 0 Å². The first-order chi connectivity index (χ1) is 9.39. The third-order valence-corrected chi connectivity index (χ3v) is 5.37. The first-order valence-electron chi connectivity index (χ1n) is 7.38. The van der Waals surface area contributed by atoms with Crippen LogP contribution in [0.2, 0.25) is 5.15 Å². The molecule has 5 heteroatoms. The summed E-state index contributed by atoms with van der Waals surface area (Å²) in [4.78, 5) is 0. The van der Waals surface area contributed by atoms with Crippen molar-refractivity contribution in [2.24, 2.45) is 18.7 Å². The van der Waals surface area contributed by atoms with E-state index in [9.17, 15) is 0 Å². The molecule has 0 spiro atoms. The summed E-state index contributed by atoms with van der Waals surface area (Å²) >= 11 is 6.31. The topological polar surface area (TPSA) is 53.1 Å². The normalized spacial score (nSPS) is 28.6. The number of methoxy groups -OCH3 is 1. The van der Waals surface area contributed by atoms with Crippen molar-refractivity contribution in [3.63, 3.8) is 0 Å². The molecule has 0 bridgehead atoms. The van der Waals surface area contributed by atoms with Crippen molar-refractivity contribution < 1.29 is 4.74 Å². The molecule has 1 heterocycles. The van der Waals surface area contributed by atoms with Gasteiger partial charge in [-0.2, -0.15) is 5.10 Å². The monoisotopic (exact) mass is 299 g/mol. The third kappa shape index (κ3) is 2.87. The van der Waals surface area contributed by atoms with Crippen LogP contribution in [0.4, 0.5) is 0 Å². The summed E-state index contributed by atoms with van der Waals surface area (Å²) in [5, 5.41) is 5.05. The van der Waals surface area contributed by atoms with Crippen LogP contribution in [-0.2, 0) is 18.2 Å². The summed E-state index contributed by atoms with van der Waals surface area (Å²) in [7, 11) is 3.65. The highest BCUT2D eigenvalue weighted by molar-refractivity contribution is 6.30. The molecule has 0 aromatic carbocycles. The van der Waals surface area contributed by atoms with E-state index in [0.29, 0.717) is 5.15 Å². The fourth-order valence-electron chi connectivity index (χ4n) is 3.29. The highest BCUT2D eigenvalue weighted by Gasteiger charge is 2.40. The Bertz CT molecular complexity index is 464. The second-order valence-corrected chi connectivity index (χ2v) is 6.60. The van der Waals surface area contributed by atoms with Gasteiger partial charge in [0.1, 0.15) is 5.15 Å². The lowest BCUT2D eigenvalue weighted by Crippen LogP contribution is -2.52. The lowest BCUT2D eigenvalue weighted by Gasteiger charge is -2.42. The van der Waals surface area contributed by atoms with Gasteiger partial charge in [0.2, 0.25) is 0 Å². The van der Waals surface area contributed by atoms with Crippen LogP contribution in [-0.4, -0.2) is 28.5 Å². The lowest BCUT2D eigenvalue weighted by atomic mass is 9.74. The molecule has 4 nitrogen and oxygen atoms in total. The van der Waals surface area contributed by atoms with Crippen LogP contribution in [0, 0.1) is 12.8 Å². The Balaban J connectivity index is 2.15. The van der Waals surface area contributed by atoms with Crippen molar-refractivity contribution in [3.05, 3.63) is 16.4 Å². The number of hydrogen-bond acceptors (Lipinski definition) is 3. The fraction of sp³-hybridized carbons (Fsp3) is 0.800. The van der Waals surface area contributed by atoms with E-state index in [4.69, 9.17) is 22.1 Å². The van der Waals surface area contributed by atoms with Gasteiger partial charge in [0.25, 0.3) is 0 Å². The fourth-order valence-corrected chi connectivity index (χ4v) is 3.54. The Morgan fingerprint density at radius 2 is 2.10 bits per heavy atom. The van der Waals surface area contributed by atoms with Gasteiger partial charge >= 0.3 is 0 Å². The van der Waals surface area contributed by atoms with Crippen molar-refractivity contribution in [2.45, 2.75) is 57.6 Å². The molecule has 0 radical (unpaired) electrons. The average Bonchev–Trinajstić information content (AvgIpc) is 2.66. The maximum atomic E-state index is 6.50. The van der Waals surface area contributed by atoms with Gasteiger partial charge in [-0.05, 0) is 44.9 Å². The molecule has 0 saturated heterocycles. The number of aromatic nitrogens is 2. The van der Waals surface area contributed by atoms with Crippen LogP contribution in [0.3, 0.4) is 0 Å². The SMILES string of the molecule is COC1(C(N)Cc2c(C)nn(C)c2Cl)CCC(C)CC1. The summed E-state index contributed by atoms with van der Waals surface area (Å²) in [5.74, 6) is 0.772. The maximum Gasteiger partial charge on any atom is 0.130 e. The molecule has 2 rings (SSSR count). The van der Waals surface area contributed by atoms with Crippen LogP contribution in [0.5, 0.6) is 0 Å². The van der Waals surface area contributed by atoms with Gasteiger partial charge in [0.15, 0.2) is 0 Å². The molecule has 1 aliphatic carbocycles. The predicted molar refractivity (Wildman–Crippen MR) is 82.0 cm³/mol. The summed E-state index contributed by atoms with van der Waals surface area (Å²) in [6.07, 6.45) is 5.15. The summed E-state index contributed by atoms with van der Waals surface area (Å²) < 4.78 is 7.56. The zero-order chi connectivity index (χ0) is 14.9. The Morgan fingerprint density at radius 3 is 2.55 bits per heavy atom. The quantitative estimate of drug-likeness (QED) is 0.930. The van der Waals surface area contributed by atoms with Gasteiger partial charge in [-0.25, -0.2) is 0 Å². The standard InChI is InChI=1S/C15H26ClN3O/c1-10-5-7-15(20-4,8-6-10)13(17)9-12-11(2)18-19(3)14(12)16/h10,13H,5-9,17H2,1-4H3. The van der Waals surface area contributed by atoms with Crippen molar-refractivity contribution in [1.82, 2.24) is 9.78 Å². The van der Waals surface area contributed by atoms with Gasteiger partial charge in [-0.3, -0.25) is 4.68 Å². The lowest BCUT2D eigenvalue weighted by molar-refractivity contribution is -0.0659. The minimum atomic E-state index is -0.210. The van der Waals surface area contributed by atoms with E-state index < -0.39 is 0 Å². The zero-order valence-electron chi connectivity index (χ0n) is 12.9. The molecule has 2 N–H and O–H groups in total. The minimum Gasteiger partial charge on any atom is -0.377 e. The van der Waals surface area contributed by atoms with Gasteiger partial charge in [-0.15, -0.1) is 0 Å². The van der Waals surface area contributed by atoms with Crippen LogP contribution < -0.4 is 5.73 Å². The average molecular weight is 300 g/mol.